The molecule has 118 valence electrons. The van der Waals surface area contributed by atoms with Crippen LogP contribution in [-0.2, 0) is 0 Å². The highest BCUT2D eigenvalue weighted by Gasteiger charge is 2.20. The Morgan fingerprint density at radius 2 is 1.78 bits per heavy atom. The maximum absolute atomic E-state index is 12.6. The predicted molar refractivity (Wildman–Crippen MR) is 101 cm³/mol. The van der Waals surface area contributed by atoms with E-state index in [1.807, 2.05) is 13.0 Å². The lowest BCUT2D eigenvalue weighted by atomic mass is 10.2. The van der Waals surface area contributed by atoms with E-state index in [-0.39, 0.29) is 5.91 Å². The number of carbonyl (C=O) groups excluding carboxylic acids is 1. The second-order valence-corrected chi connectivity index (χ2v) is 7.63. The molecule has 0 aliphatic rings. The number of carbonyl (C=O) groups is 1. The van der Waals surface area contributed by atoms with Crippen LogP contribution in [0.5, 0.6) is 0 Å². The van der Waals surface area contributed by atoms with E-state index in [9.17, 15) is 4.79 Å². The summed E-state index contributed by atoms with van der Waals surface area (Å²) in [5.41, 5.74) is 1.54. The number of halogens is 4. The van der Waals surface area contributed by atoms with Gasteiger partial charge in [-0.05, 0) is 36.8 Å². The zero-order valence-electron chi connectivity index (χ0n) is 11.7. The third kappa shape index (κ3) is 3.30. The van der Waals surface area contributed by atoms with Crippen molar-refractivity contribution in [3.8, 4) is 0 Å². The van der Waals surface area contributed by atoms with Gasteiger partial charge in [0.1, 0.15) is 4.88 Å². The van der Waals surface area contributed by atoms with Crippen LogP contribution in [0.2, 0.25) is 20.1 Å². The van der Waals surface area contributed by atoms with Crippen LogP contribution in [0, 0.1) is 6.92 Å². The van der Waals surface area contributed by atoms with Crippen molar-refractivity contribution in [2.45, 2.75) is 6.92 Å². The Bertz CT molecular complexity index is 935. The molecule has 0 fully saturated rings. The summed E-state index contributed by atoms with van der Waals surface area (Å²) in [7, 11) is 0. The lowest BCUT2D eigenvalue weighted by molar-refractivity contribution is 0.103. The number of fused-ring (bicyclic) bond motifs is 1. The van der Waals surface area contributed by atoms with Gasteiger partial charge >= 0.3 is 0 Å². The van der Waals surface area contributed by atoms with Crippen molar-refractivity contribution in [1.29, 1.82) is 0 Å². The van der Waals surface area contributed by atoms with Crippen molar-refractivity contribution < 1.29 is 4.79 Å². The summed E-state index contributed by atoms with van der Waals surface area (Å²) in [5.74, 6) is -0.311. The Balaban J connectivity index is 2.03. The van der Waals surface area contributed by atoms with Crippen LogP contribution < -0.4 is 5.32 Å². The summed E-state index contributed by atoms with van der Waals surface area (Å²) >= 11 is 25.7. The molecule has 2 nitrogen and oxygen atoms in total. The fraction of sp³-hybridized carbons (Fsp3) is 0.0625. The molecule has 0 saturated carbocycles. The summed E-state index contributed by atoms with van der Waals surface area (Å²) in [4.78, 5) is 12.9. The minimum absolute atomic E-state index is 0.311. The molecule has 0 aliphatic heterocycles. The van der Waals surface area contributed by atoms with Crippen LogP contribution in [-0.4, -0.2) is 5.91 Å². The van der Waals surface area contributed by atoms with E-state index in [0.29, 0.717) is 36.0 Å². The summed E-state index contributed by atoms with van der Waals surface area (Å²) < 4.78 is 0.764. The van der Waals surface area contributed by atoms with E-state index < -0.39 is 0 Å². The molecule has 1 aromatic heterocycles. The van der Waals surface area contributed by atoms with Gasteiger partial charge < -0.3 is 5.32 Å². The Kier molecular flexibility index (Phi) is 4.77. The van der Waals surface area contributed by atoms with Gasteiger partial charge in [-0.15, -0.1) is 11.3 Å². The van der Waals surface area contributed by atoms with Gasteiger partial charge in [-0.2, -0.15) is 0 Å². The first-order valence-corrected chi connectivity index (χ1v) is 8.84. The van der Waals surface area contributed by atoms with Gasteiger partial charge in [-0.25, -0.2) is 0 Å². The highest BCUT2D eigenvalue weighted by Crippen LogP contribution is 2.41. The van der Waals surface area contributed by atoms with Crippen molar-refractivity contribution in [1.82, 2.24) is 0 Å². The molecule has 0 aliphatic carbocycles. The summed E-state index contributed by atoms with van der Waals surface area (Å²) in [6.07, 6.45) is 0. The quantitative estimate of drug-likeness (QED) is 0.485. The Morgan fingerprint density at radius 3 is 2.52 bits per heavy atom. The molecule has 0 spiro atoms. The molecule has 1 heterocycles. The van der Waals surface area contributed by atoms with E-state index in [1.165, 1.54) is 11.3 Å². The summed E-state index contributed by atoms with van der Waals surface area (Å²) in [5, 5.41) is 5.25. The number of rotatable bonds is 2. The molecule has 1 N–H and O–H groups in total. The normalized spacial score (nSPS) is 11.0. The first kappa shape index (κ1) is 16.9. The topological polar surface area (TPSA) is 29.1 Å². The molecule has 2 aromatic carbocycles. The number of amides is 1. The molecule has 0 radical (unpaired) electrons. The number of benzene rings is 2. The highest BCUT2D eigenvalue weighted by atomic mass is 35.5. The Morgan fingerprint density at radius 1 is 1.04 bits per heavy atom. The molecule has 0 bridgehead atoms. The predicted octanol–water partition coefficient (Wildman–Crippen LogP) is 7.08. The Labute approximate surface area is 156 Å². The second-order valence-electron chi connectivity index (χ2n) is 4.92. The van der Waals surface area contributed by atoms with E-state index in [1.54, 1.807) is 24.3 Å². The van der Waals surface area contributed by atoms with Crippen LogP contribution in [0.25, 0.3) is 10.1 Å². The van der Waals surface area contributed by atoms with Crippen molar-refractivity contribution in [2.75, 3.05) is 5.32 Å². The van der Waals surface area contributed by atoms with E-state index in [0.717, 1.165) is 10.3 Å². The fourth-order valence-corrected chi connectivity index (χ4v) is 4.61. The second kappa shape index (κ2) is 6.50. The third-order valence-electron chi connectivity index (χ3n) is 3.30. The molecule has 0 saturated heterocycles. The molecule has 3 rings (SSSR count). The monoisotopic (exact) mass is 403 g/mol. The van der Waals surface area contributed by atoms with E-state index in [4.69, 9.17) is 46.4 Å². The van der Waals surface area contributed by atoms with E-state index >= 15 is 0 Å². The molecule has 3 aromatic rings. The zero-order chi connectivity index (χ0) is 16.7. The molecule has 1 amide bonds. The number of hydrogen-bond acceptors (Lipinski definition) is 2. The third-order valence-corrected chi connectivity index (χ3v) is 5.68. The zero-order valence-corrected chi connectivity index (χ0v) is 15.6. The number of hydrogen-bond donors (Lipinski definition) is 1. The van der Waals surface area contributed by atoms with Gasteiger partial charge in [-0.1, -0.05) is 52.5 Å². The number of aryl methyl sites for hydroxylation is 1. The maximum Gasteiger partial charge on any atom is 0.267 e. The van der Waals surface area contributed by atoms with Gasteiger partial charge in [0.05, 0.1) is 10.0 Å². The largest absolute Gasteiger partial charge is 0.321 e. The van der Waals surface area contributed by atoms with Crippen molar-refractivity contribution in [3.63, 3.8) is 0 Å². The number of nitrogens with one attached hydrogen (secondary N) is 1. The van der Waals surface area contributed by atoms with E-state index in [2.05, 4.69) is 5.32 Å². The van der Waals surface area contributed by atoms with Crippen LogP contribution in [0.4, 0.5) is 5.69 Å². The van der Waals surface area contributed by atoms with Crippen LogP contribution in [0.3, 0.4) is 0 Å². The smallest absolute Gasteiger partial charge is 0.267 e. The van der Waals surface area contributed by atoms with Crippen molar-refractivity contribution in [2.24, 2.45) is 0 Å². The molecular formula is C16H9Cl4NOS. The average Bonchev–Trinajstić information content (AvgIpc) is 2.80. The SMILES string of the molecule is Cc1ccc(Cl)cc1NC(=O)c1sc2cc(Cl)cc(Cl)c2c1Cl. The maximum atomic E-state index is 12.6. The highest BCUT2D eigenvalue weighted by molar-refractivity contribution is 7.21. The lowest BCUT2D eigenvalue weighted by Gasteiger charge is -2.08. The minimum atomic E-state index is -0.311. The summed E-state index contributed by atoms with van der Waals surface area (Å²) in [6.45, 7) is 1.88. The van der Waals surface area contributed by atoms with Gasteiger partial charge in [0.25, 0.3) is 5.91 Å². The standard InChI is InChI=1S/C16H9Cl4NOS/c1-7-2-3-8(17)5-11(7)21-16(22)15-14(20)13-10(19)4-9(18)6-12(13)23-15/h2-6H,1H3,(H,21,22). The molecule has 23 heavy (non-hydrogen) atoms. The lowest BCUT2D eigenvalue weighted by Crippen LogP contribution is -2.11. The van der Waals surface area contributed by atoms with Crippen LogP contribution >= 0.6 is 57.7 Å². The van der Waals surface area contributed by atoms with Gasteiger partial charge in [-0.3, -0.25) is 4.79 Å². The fourth-order valence-electron chi connectivity index (χ4n) is 2.17. The van der Waals surface area contributed by atoms with Gasteiger partial charge in [0, 0.05) is 25.8 Å². The minimum Gasteiger partial charge on any atom is -0.321 e. The van der Waals surface area contributed by atoms with Crippen LogP contribution in [0.1, 0.15) is 15.2 Å². The molecule has 7 heteroatoms. The number of anilines is 1. The molecule has 0 atom stereocenters. The average molecular weight is 405 g/mol. The molecular weight excluding hydrogens is 396 g/mol. The van der Waals surface area contributed by atoms with Crippen molar-refractivity contribution in [3.05, 3.63) is 60.9 Å². The number of thiophene rings is 1. The van der Waals surface area contributed by atoms with Crippen molar-refractivity contribution >= 4 is 79.4 Å². The van der Waals surface area contributed by atoms with Gasteiger partial charge in [0.2, 0.25) is 0 Å². The first-order valence-electron chi connectivity index (χ1n) is 6.51. The summed E-state index contributed by atoms with van der Waals surface area (Å²) in [6, 6.07) is 8.63. The van der Waals surface area contributed by atoms with Gasteiger partial charge in [0.15, 0.2) is 0 Å². The first-order chi connectivity index (χ1) is 10.9. The molecule has 0 unspecified atom stereocenters. The Hall–Kier alpha value is -0.970. The van der Waals surface area contributed by atoms with Crippen LogP contribution in [0.15, 0.2) is 30.3 Å².